The van der Waals surface area contributed by atoms with Crippen LogP contribution in [0.2, 0.25) is 0 Å². The molecular formula is C12H27NS. The molecule has 0 aromatic rings. The molecule has 0 aliphatic heterocycles. The fraction of sp³-hybridized carbons (Fsp3) is 1.00. The normalized spacial score (nSPS) is 17.1. The highest BCUT2D eigenvalue weighted by atomic mass is 32.2. The van der Waals surface area contributed by atoms with Gasteiger partial charge in [-0.05, 0) is 26.7 Å². The Hall–Kier alpha value is 0.310. The number of hydrogen-bond donors (Lipinski definition) is 1. The third-order valence-electron chi connectivity index (χ3n) is 2.31. The first kappa shape index (κ1) is 14.3. The van der Waals surface area contributed by atoms with Crippen molar-refractivity contribution in [1.29, 1.82) is 0 Å². The van der Waals surface area contributed by atoms with E-state index in [0.717, 1.165) is 17.7 Å². The minimum Gasteiger partial charge on any atom is -0.311 e. The summed E-state index contributed by atoms with van der Waals surface area (Å²) in [7, 11) is 0. The van der Waals surface area contributed by atoms with E-state index in [9.17, 15) is 0 Å². The van der Waals surface area contributed by atoms with E-state index in [-0.39, 0.29) is 5.54 Å². The highest BCUT2D eigenvalue weighted by molar-refractivity contribution is 8.00. The average molecular weight is 217 g/mol. The molecule has 0 fully saturated rings. The maximum atomic E-state index is 3.55. The molecule has 0 aliphatic carbocycles. The highest BCUT2D eigenvalue weighted by Gasteiger charge is 2.15. The minimum atomic E-state index is 0.246. The Bertz CT molecular complexity index is 149. The lowest BCUT2D eigenvalue weighted by atomic mass is 10.1. The lowest BCUT2D eigenvalue weighted by molar-refractivity contribution is 0.429. The molecule has 0 rings (SSSR count). The molecule has 0 heterocycles. The molecule has 0 radical (unpaired) electrons. The fourth-order valence-corrected chi connectivity index (χ4v) is 2.25. The second kappa shape index (κ2) is 6.02. The van der Waals surface area contributed by atoms with Crippen LogP contribution < -0.4 is 5.32 Å². The van der Waals surface area contributed by atoms with Gasteiger partial charge < -0.3 is 5.32 Å². The van der Waals surface area contributed by atoms with E-state index in [4.69, 9.17) is 0 Å². The standard InChI is InChI=1S/C12H27NS/c1-9(2)11(4)14-10(3)8-13-12(5,6)7/h9-11,13H,8H2,1-7H3. The molecule has 0 spiro atoms. The largest absolute Gasteiger partial charge is 0.311 e. The van der Waals surface area contributed by atoms with Gasteiger partial charge in [0, 0.05) is 22.6 Å². The van der Waals surface area contributed by atoms with Crippen LogP contribution in [0.1, 0.15) is 48.5 Å². The summed E-state index contributed by atoms with van der Waals surface area (Å²) in [6, 6.07) is 0. The zero-order valence-electron chi connectivity index (χ0n) is 10.8. The van der Waals surface area contributed by atoms with Gasteiger partial charge in [-0.3, -0.25) is 0 Å². The highest BCUT2D eigenvalue weighted by Crippen LogP contribution is 2.23. The van der Waals surface area contributed by atoms with Crippen molar-refractivity contribution >= 4 is 11.8 Å². The lowest BCUT2D eigenvalue weighted by Crippen LogP contribution is -2.39. The van der Waals surface area contributed by atoms with Gasteiger partial charge in [0.1, 0.15) is 0 Å². The molecule has 1 nitrogen and oxygen atoms in total. The summed E-state index contributed by atoms with van der Waals surface area (Å²) in [6.45, 7) is 17.0. The Morgan fingerprint density at radius 1 is 1.07 bits per heavy atom. The molecule has 14 heavy (non-hydrogen) atoms. The molecule has 0 aromatic carbocycles. The van der Waals surface area contributed by atoms with Crippen LogP contribution in [0.25, 0.3) is 0 Å². The summed E-state index contributed by atoms with van der Waals surface area (Å²) in [5.41, 5.74) is 0.246. The van der Waals surface area contributed by atoms with Crippen molar-refractivity contribution in [2.45, 2.75) is 64.5 Å². The third kappa shape index (κ3) is 7.69. The van der Waals surface area contributed by atoms with Crippen LogP contribution in [0.4, 0.5) is 0 Å². The van der Waals surface area contributed by atoms with Gasteiger partial charge in [0.25, 0.3) is 0 Å². The third-order valence-corrected chi connectivity index (χ3v) is 3.91. The molecule has 0 aromatic heterocycles. The van der Waals surface area contributed by atoms with Crippen LogP contribution in [0.3, 0.4) is 0 Å². The molecule has 2 unspecified atom stereocenters. The summed E-state index contributed by atoms with van der Waals surface area (Å²) in [5.74, 6) is 0.775. The first-order chi connectivity index (χ1) is 6.22. The van der Waals surface area contributed by atoms with Crippen LogP contribution >= 0.6 is 11.8 Å². The van der Waals surface area contributed by atoms with Crippen molar-refractivity contribution in [3.8, 4) is 0 Å². The summed E-state index contributed by atoms with van der Waals surface area (Å²) >= 11 is 2.09. The first-order valence-corrected chi connectivity index (χ1v) is 6.57. The van der Waals surface area contributed by atoms with Crippen molar-refractivity contribution in [1.82, 2.24) is 5.32 Å². The predicted octanol–water partition coefficient (Wildman–Crippen LogP) is 3.54. The molecule has 2 heteroatoms. The summed E-state index contributed by atoms with van der Waals surface area (Å²) in [4.78, 5) is 0. The Labute approximate surface area is 94.4 Å². The van der Waals surface area contributed by atoms with Crippen LogP contribution in [0, 0.1) is 5.92 Å². The van der Waals surface area contributed by atoms with Crippen LogP contribution in [-0.4, -0.2) is 22.6 Å². The van der Waals surface area contributed by atoms with Gasteiger partial charge in [-0.1, -0.05) is 27.7 Å². The van der Waals surface area contributed by atoms with E-state index >= 15 is 0 Å². The van der Waals surface area contributed by atoms with Crippen molar-refractivity contribution in [2.24, 2.45) is 5.92 Å². The summed E-state index contributed by atoms with van der Waals surface area (Å²) in [5, 5.41) is 5.00. The Morgan fingerprint density at radius 2 is 1.57 bits per heavy atom. The topological polar surface area (TPSA) is 12.0 Å². The van der Waals surface area contributed by atoms with Gasteiger partial charge in [-0.15, -0.1) is 0 Å². The van der Waals surface area contributed by atoms with Crippen molar-refractivity contribution in [3.05, 3.63) is 0 Å². The molecule has 86 valence electrons. The van der Waals surface area contributed by atoms with E-state index < -0.39 is 0 Å². The molecule has 1 N–H and O–H groups in total. The van der Waals surface area contributed by atoms with Gasteiger partial charge in [-0.2, -0.15) is 11.8 Å². The molecule has 0 bridgehead atoms. The first-order valence-electron chi connectivity index (χ1n) is 5.63. The van der Waals surface area contributed by atoms with E-state index in [1.54, 1.807) is 0 Å². The zero-order valence-corrected chi connectivity index (χ0v) is 11.7. The monoisotopic (exact) mass is 217 g/mol. The maximum Gasteiger partial charge on any atom is 0.0147 e. The minimum absolute atomic E-state index is 0.246. The SMILES string of the molecule is CC(CNC(C)(C)C)SC(C)C(C)C. The van der Waals surface area contributed by atoms with Crippen molar-refractivity contribution < 1.29 is 0 Å². The van der Waals surface area contributed by atoms with Gasteiger partial charge in [0.2, 0.25) is 0 Å². The predicted molar refractivity (Wildman–Crippen MR) is 69.1 cm³/mol. The smallest absolute Gasteiger partial charge is 0.0147 e. The summed E-state index contributed by atoms with van der Waals surface area (Å²) in [6.07, 6.45) is 0. The number of nitrogens with one attached hydrogen (secondary N) is 1. The van der Waals surface area contributed by atoms with Crippen LogP contribution in [-0.2, 0) is 0 Å². The van der Waals surface area contributed by atoms with Crippen molar-refractivity contribution in [3.63, 3.8) is 0 Å². The number of thioether (sulfide) groups is 1. The average Bonchev–Trinajstić information content (AvgIpc) is 1.99. The second-order valence-electron chi connectivity index (χ2n) is 5.53. The van der Waals surface area contributed by atoms with E-state index in [1.165, 1.54) is 0 Å². The van der Waals surface area contributed by atoms with Crippen molar-refractivity contribution in [2.75, 3.05) is 6.54 Å². The van der Waals surface area contributed by atoms with Gasteiger partial charge in [0.15, 0.2) is 0 Å². The molecule has 0 amide bonds. The fourth-order valence-electron chi connectivity index (χ4n) is 1.02. The van der Waals surface area contributed by atoms with Gasteiger partial charge in [0.05, 0.1) is 0 Å². The van der Waals surface area contributed by atoms with Crippen LogP contribution in [0.15, 0.2) is 0 Å². The Kier molecular flexibility index (Phi) is 6.15. The Morgan fingerprint density at radius 3 is 1.93 bits per heavy atom. The van der Waals surface area contributed by atoms with E-state index in [2.05, 4.69) is 65.5 Å². The second-order valence-corrected chi connectivity index (χ2v) is 7.35. The molecule has 0 saturated carbocycles. The zero-order chi connectivity index (χ0) is 11.4. The number of rotatable bonds is 5. The molecule has 0 saturated heterocycles. The van der Waals surface area contributed by atoms with E-state index in [1.807, 2.05) is 0 Å². The lowest BCUT2D eigenvalue weighted by Gasteiger charge is -2.25. The quantitative estimate of drug-likeness (QED) is 0.756. The number of hydrogen-bond acceptors (Lipinski definition) is 2. The van der Waals surface area contributed by atoms with Gasteiger partial charge in [-0.25, -0.2) is 0 Å². The molecular weight excluding hydrogens is 190 g/mol. The van der Waals surface area contributed by atoms with Gasteiger partial charge >= 0.3 is 0 Å². The summed E-state index contributed by atoms with van der Waals surface area (Å²) < 4.78 is 0. The van der Waals surface area contributed by atoms with E-state index in [0.29, 0.717) is 5.25 Å². The molecule has 2 atom stereocenters. The van der Waals surface area contributed by atoms with Crippen LogP contribution in [0.5, 0.6) is 0 Å². The Balaban J connectivity index is 3.71. The molecule has 0 aliphatic rings. The maximum absolute atomic E-state index is 3.55.